The van der Waals surface area contributed by atoms with Crippen LogP contribution in [0.3, 0.4) is 0 Å². The monoisotopic (exact) mass is 1490 g/mol. The van der Waals surface area contributed by atoms with E-state index in [2.05, 4.69) is 81.9 Å². The third-order valence-electron chi connectivity index (χ3n) is 15.3. The molecule has 22 nitrogen and oxygen atoms in total. The van der Waals surface area contributed by atoms with E-state index in [1.807, 2.05) is 203 Å². The molecular weight excluding hydrogens is 1420 g/mol. The summed E-state index contributed by atoms with van der Waals surface area (Å²) in [6.45, 7) is 18.0. The van der Waals surface area contributed by atoms with Crippen molar-refractivity contribution in [1.29, 1.82) is 0 Å². The smallest absolute Gasteiger partial charge is 0.412 e. The van der Waals surface area contributed by atoms with Gasteiger partial charge in [-0.05, 0) is 186 Å². The van der Waals surface area contributed by atoms with Crippen LogP contribution < -0.4 is 15.8 Å². The first kappa shape index (κ1) is 84.2. The Bertz CT molecular complexity index is 4960. The molecule has 8 aromatic carbocycles. The minimum absolute atomic E-state index is 0.0711. The summed E-state index contributed by atoms with van der Waals surface area (Å²) < 4.78 is 39.5. The van der Waals surface area contributed by atoms with E-state index >= 15 is 0 Å². The minimum atomic E-state index is -3.31. The summed E-state index contributed by atoms with van der Waals surface area (Å²) in [4.78, 5) is 87.8. The number of amides is 1. The zero-order valence-corrected chi connectivity index (χ0v) is 61.4. The number of hydrogen-bond acceptors (Lipinski definition) is 15. The number of hydrogen-bond donors (Lipinski definition) is 3. The lowest BCUT2D eigenvalue weighted by atomic mass is 10.1. The first-order valence-electron chi connectivity index (χ1n) is 31.2. The first-order chi connectivity index (χ1) is 49.0. The van der Waals surface area contributed by atoms with Gasteiger partial charge >= 0.3 is 30.7 Å². The van der Waals surface area contributed by atoms with Crippen molar-refractivity contribution in [2.24, 2.45) is 0 Å². The highest BCUT2D eigenvalue weighted by Gasteiger charge is 2.21. The van der Waals surface area contributed by atoms with Gasteiger partial charge in [-0.15, -0.1) is 0 Å². The Kier molecular flexibility index (Phi) is 33.5. The van der Waals surface area contributed by atoms with E-state index in [0.29, 0.717) is 21.1 Å². The molecule has 4 aromatic heterocycles. The first-order valence-corrected chi connectivity index (χ1v) is 34.7. The number of halogens is 4. The van der Waals surface area contributed by atoms with Crippen LogP contribution in [0, 0.1) is 10.1 Å². The highest BCUT2D eigenvalue weighted by atomic mass is 35.5. The van der Waals surface area contributed by atoms with Crippen molar-refractivity contribution in [3.05, 3.63) is 271 Å². The van der Waals surface area contributed by atoms with E-state index in [1.165, 1.54) is 11.6 Å². The number of fused-ring (bicyclic) bond motifs is 4. The van der Waals surface area contributed by atoms with Gasteiger partial charge < -0.3 is 28.7 Å². The molecule has 0 fully saturated rings. The zero-order valence-electron chi connectivity index (χ0n) is 57.5. The molecule has 12 rings (SSSR count). The summed E-state index contributed by atoms with van der Waals surface area (Å²) >= 11 is 23.8. The fourth-order valence-electron chi connectivity index (χ4n) is 10.7. The topological polar surface area (TPSA) is 310 Å². The molecule has 0 saturated heterocycles. The Balaban J connectivity index is 0.000000275. The number of aromatic nitrogens is 4. The van der Waals surface area contributed by atoms with Gasteiger partial charge in [0.1, 0.15) is 5.60 Å². The molecule has 4 heterocycles. The van der Waals surface area contributed by atoms with Gasteiger partial charge in [0.25, 0.3) is 5.69 Å². The van der Waals surface area contributed by atoms with E-state index in [4.69, 9.17) is 95.2 Å². The van der Waals surface area contributed by atoms with E-state index < -0.39 is 21.7 Å². The number of nitro groups is 1. The van der Waals surface area contributed by atoms with Crippen molar-refractivity contribution in [2.45, 2.75) is 92.1 Å². The number of nitrogens with one attached hydrogen (secondary N) is 2. The number of nitrogens with two attached hydrogens (primary N) is 1. The second-order valence-corrected chi connectivity index (χ2v) is 26.4. The average Bonchev–Trinajstić information content (AvgIpc) is 1.68. The van der Waals surface area contributed by atoms with Crippen LogP contribution in [0.4, 0.5) is 27.5 Å². The maximum absolute atomic E-state index is 12.1. The number of sulfonamides is 1. The average molecular weight is 1500 g/mol. The maximum Gasteiger partial charge on any atom is 0.412 e. The number of carbonyl (C=O) groups is 1. The summed E-state index contributed by atoms with van der Waals surface area (Å²) in [5.74, 6) is 0. The summed E-state index contributed by atoms with van der Waals surface area (Å²) in [6, 6.07) is 62.2. The molecule has 4 N–H and O–H groups in total. The van der Waals surface area contributed by atoms with Gasteiger partial charge in [0.05, 0.1) is 74.2 Å². The Morgan fingerprint density at radius 2 is 0.728 bits per heavy atom. The van der Waals surface area contributed by atoms with Gasteiger partial charge in [-0.3, -0.25) is 20.2 Å². The zero-order chi connectivity index (χ0) is 76.7. The van der Waals surface area contributed by atoms with Gasteiger partial charge in [-0.2, -0.15) is 38.4 Å². The van der Waals surface area contributed by atoms with Crippen molar-refractivity contribution in [2.75, 3.05) is 22.0 Å². The lowest BCUT2D eigenvalue weighted by molar-refractivity contribution is -0.383. The van der Waals surface area contributed by atoms with Crippen molar-refractivity contribution < 1.29 is 61.2 Å². The fraction of sp³-hybridized carbons (Fsp3) is 0.197. The highest BCUT2D eigenvalue weighted by molar-refractivity contribution is 7.92. The van der Waals surface area contributed by atoms with Gasteiger partial charge in [0.15, 0.2) is 0 Å². The van der Waals surface area contributed by atoms with Gasteiger partial charge in [0, 0.05) is 72.8 Å². The van der Waals surface area contributed by atoms with Crippen molar-refractivity contribution in [1.82, 2.24) is 18.3 Å². The molecule has 103 heavy (non-hydrogen) atoms. The Labute approximate surface area is 614 Å². The van der Waals surface area contributed by atoms with Crippen LogP contribution in [0.2, 0.25) is 20.1 Å². The molecule has 12 aromatic rings. The number of ether oxygens (including phenoxy) is 1. The highest BCUT2D eigenvalue weighted by Crippen LogP contribution is 2.35. The van der Waals surface area contributed by atoms with Crippen LogP contribution in [0.25, 0.3) is 43.6 Å². The third-order valence-corrected chi connectivity index (χ3v) is 16.9. The quantitative estimate of drug-likeness (QED) is 0.0582. The van der Waals surface area contributed by atoms with E-state index in [9.17, 15) is 23.3 Å². The van der Waals surface area contributed by atoms with Crippen LogP contribution >= 0.6 is 46.4 Å². The minimum Gasteiger partial charge on any atom is -0.444 e. The molecule has 27 heteroatoms. The van der Waals surface area contributed by atoms with Gasteiger partial charge in [-0.1, -0.05) is 133 Å². The number of nitrogens with zero attached hydrogens (tertiary/aromatic N) is 5. The number of anilines is 3. The van der Waals surface area contributed by atoms with Gasteiger partial charge in [-0.25, -0.2) is 13.2 Å². The molecular formula is C76H74Cl4N8O14S. The van der Waals surface area contributed by atoms with Crippen molar-refractivity contribution >= 4 is 153 Å². The van der Waals surface area contributed by atoms with Crippen LogP contribution in [-0.4, -0.2) is 74.2 Å². The van der Waals surface area contributed by atoms with Crippen LogP contribution in [0.1, 0.15) is 109 Å². The molecule has 4 atom stereocenters. The predicted octanol–water partition coefficient (Wildman–Crippen LogP) is 18.5. The van der Waals surface area contributed by atoms with Crippen molar-refractivity contribution in [3.8, 4) is 0 Å². The molecule has 0 saturated carbocycles. The third kappa shape index (κ3) is 24.6. The molecule has 0 aliphatic rings. The number of rotatable bonds is 12. The number of benzene rings is 8. The lowest BCUT2D eigenvalue weighted by Gasteiger charge is -2.20. The van der Waals surface area contributed by atoms with Crippen LogP contribution in [0.5, 0.6) is 0 Å². The number of non-ortho nitro benzene ring substituents is 1. The Hall–Kier alpha value is -11.2. The van der Waals surface area contributed by atoms with Gasteiger partial charge in [0.2, 0.25) is 10.0 Å². The molecule has 0 spiro atoms. The molecule has 536 valence electrons. The lowest BCUT2D eigenvalue weighted by Crippen LogP contribution is -2.27. The molecule has 4 unspecified atom stereocenters. The van der Waals surface area contributed by atoms with E-state index in [-0.39, 0.29) is 59.4 Å². The second-order valence-electron chi connectivity index (χ2n) is 22.9. The number of carbonyl (C=O) groups excluding carboxylic acids is 9. The molecule has 1 amide bonds. The largest absolute Gasteiger partial charge is 0.444 e. The number of nitrogen functional groups attached to an aromatic ring is 1. The predicted molar refractivity (Wildman–Crippen MR) is 400 cm³/mol. The van der Waals surface area contributed by atoms with E-state index in [0.717, 1.165) is 82.6 Å². The summed E-state index contributed by atoms with van der Waals surface area (Å²) in [7, 11) is -3.31. The standard InChI is InChI=1S/C21H23ClN2O2.C17H17ClN2O2S.C16H13ClN2O2.C16H15ClN2.C2H6.4CO2/c1-14(15-8-10-16(22)11-9-15)24-13-12-17-18(6-5-7-19(17)24)23-20(25)26-21(2,3)4;1-12(13-6-8-14(18)9-7-13)20-11-10-15-16(19-23(2,21)22)4-3-5-17(15)20;1-11(12-5-7-13(17)8-6-12)18-10-9-14-15(18)3-2-4-16(14)19(20)21;1-11(12-5-7-13(17)8-6-12)19-10-9-14-15(18)3-2-4-16(14)19;1-2;4*2-1-3/h5-14H,1-4H3,(H,23,25);3-12,19H,1-2H3;2-11H,1H3;2-11H,18H2,1H3;1-2H3;;;;. The summed E-state index contributed by atoms with van der Waals surface area (Å²) in [5, 5.41) is 20.4. The molecule has 0 radical (unpaired) electrons. The Morgan fingerprint density at radius 3 is 1.05 bits per heavy atom. The van der Waals surface area contributed by atoms with Crippen molar-refractivity contribution in [3.63, 3.8) is 0 Å². The maximum atomic E-state index is 12.1. The second kappa shape index (κ2) is 40.9. The summed E-state index contributed by atoms with van der Waals surface area (Å²) in [5.41, 5.74) is 16.4. The summed E-state index contributed by atoms with van der Waals surface area (Å²) in [6.07, 6.45) is 9.67. The molecule has 0 aliphatic carbocycles. The molecule has 0 aliphatic heterocycles. The fourth-order valence-corrected chi connectivity index (χ4v) is 11.8. The SMILES string of the molecule is CC.CC(c1ccc(Cl)cc1)n1ccc2c(N)cccc21.CC(c1ccc(Cl)cc1)n1ccc2c(NC(=O)OC(C)(C)C)cccc21.CC(c1ccc(Cl)cc1)n1ccc2c(NS(C)(=O)=O)cccc21.CC(c1ccc(Cl)cc1)n1ccc2c([N+](=O)[O-])cccc21.O=C=O.O=C=O.O=C=O.O=C=O. The van der Waals surface area contributed by atoms with Crippen LogP contribution in [-0.2, 0) is 53.1 Å². The van der Waals surface area contributed by atoms with Crippen LogP contribution in [0.15, 0.2) is 219 Å². The normalized spacial score (nSPS) is 11.4. The van der Waals surface area contributed by atoms with E-state index in [1.54, 1.807) is 18.2 Å². The Morgan fingerprint density at radius 1 is 0.456 bits per heavy atom. The number of nitro benzene ring substituents is 1. The molecule has 0 bridgehead atoms.